The Hall–Kier alpha value is -3.43. The standard InChI is InChI=1S/C27H27BrN4O3S/c1-18-16-20(28)17-23(24(18)35-2)25(33)30-27(36)29-21-8-10-22(11-9-21)31-12-14-32(15-13-31)26(34)19-6-4-3-5-7-19/h3-11,16-17H,12-15H2,1-2H3,(H2,29,30,33,36). The molecule has 1 aliphatic rings. The molecule has 0 radical (unpaired) electrons. The summed E-state index contributed by atoms with van der Waals surface area (Å²) < 4.78 is 6.18. The SMILES string of the molecule is COc1c(C)cc(Br)cc1C(=O)NC(=S)Nc1ccc(N2CCN(C(=O)c3ccccc3)CC2)cc1. The molecule has 0 saturated carbocycles. The van der Waals surface area contributed by atoms with Gasteiger partial charge in [0.05, 0.1) is 12.7 Å². The average molecular weight is 568 g/mol. The fraction of sp³-hybridized carbons (Fsp3) is 0.222. The van der Waals surface area contributed by atoms with Gasteiger partial charge in [-0.3, -0.25) is 14.9 Å². The van der Waals surface area contributed by atoms with Gasteiger partial charge in [-0.1, -0.05) is 34.1 Å². The van der Waals surface area contributed by atoms with Gasteiger partial charge in [0.1, 0.15) is 5.75 Å². The molecule has 3 aromatic carbocycles. The summed E-state index contributed by atoms with van der Waals surface area (Å²) in [6.07, 6.45) is 0. The Bertz CT molecular complexity index is 1260. The lowest BCUT2D eigenvalue weighted by molar-refractivity contribution is 0.0746. The first-order valence-corrected chi connectivity index (χ1v) is 12.7. The molecule has 0 aliphatic carbocycles. The number of anilines is 2. The molecule has 1 aliphatic heterocycles. The van der Waals surface area contributed by atoms with Crippen LogP contribution in [0, 0.1) is 6.92 Å². The third-order valence-electron chi connectivity index (χ3n) is 5.99. The summed E-state index contributed by atoms with van der Waals surface area (Å²) in [4.78, 5) is 29.6. The van der Waals surface area contributed by atoms with E-state index in [2.05, 4.69) is 31.5 Å². The van der Waals surface area contributed by atoms with Crippen molar-refractivity contribution in [1.82, 2.24) is 10.2 Å². The average Bonchev–Trinajstić information content (AvgIpc) is 2.89. The summed E-state index contributed by atoms with van der Waals surface area (Å²) in [6.45, 7) is 4.73. The molecule has 7 nitrogen and oxygen atoms in total. The number of thiocarbonyl (C=S) groups is 1. The van der Waals surface area contributed by atoms with Gasteiger partial charge in [0.15, 0.2) is 5.11 Å². The first-order valence-electron chi connectivity index (χ1n) is 11.5. The number of ether oxygens (including phenoxy) is 1. The predicted molar refractivity (Wildman–Crippen MR) is 150 cm³/mol. The van der Waals surface area contributed by atoms with E-state index in [1.54, 1.807) is 6.07 Å². The zero-order chi connectivity index (χ0) is 25.7. The highest BCUT2D eigenvalue weighted by Crippen LogP contribution is 2.28. The summed E-state index contributed by atoms with van der Waals surface area (Å²) in [5.74, 6) is 0.225. The molecule has 9 heteroatoms. The maximum Gasteiger partial charge on any atom is 0.261 e. The molecule has 3 aromatic rings. The Kier molecular flexibility index (Phi) is 8.22. The van der Waals surface area contributed by atoms with Crippen LogP contribution < -0.4 is 20.3 Å². The van der Waals surface area contributed by atoms with Gasteiger partial charge in [-0.05, 0) is 73.2 Å². The van der Waals surface area contributed by atoms with Crippen molar-refractivity contribution in [3.63, 3.8) is 0 Å². The zero-order valence-corrected chi connectivity index (χ0v) is 22.5. The monoisotopic (exact) mass is 566 g/mol. The number of hydrogen-bond acceptors (Lipinski definition) is 5. The van der Waals surface area contributed by atoms with Crippen molar-refractivity contribution in [1.29, 1.82) is 0 Å². The Morgan fingerprint density at radius 2 is 1.64 bits per heavy atom. The normalized spacial score (nSPS) is 13.2. The van der Waals surface area contributed by atoms with Gasteiger partial charge in [-0.25, -0.2) is 0 Å². The van der Waals surface area contributed by atoms with Crippen LogP contribution in [0.2, 0.25) is 0 Å². The molecule has 186 valence electrons. The topological polar surface area (TPSA) is 73.9 Å². The third kappa shape index (κ3) is 6.03. The zero-order valence-electron chi connectivity index (χ0n) is 20.1. The minimum atomic E-state index is -0.353. The smallest absolute Gasteiger partial charge is 0.261 e. The summed E-state index contributed by atoms with van der Waals surface area (Å²) in [7, 11) is 1.53. The van der Waals surface area contributed by atoms with Gasteiger partial charge in [-0.2, -0.15) is 0 Å². The van der Waals surface area contributed by atoms with Gasteiger partial charge < -0.3 is 19.9 Å². The lowest BCUT2D eigenvalue weighted by atomic mass is 10.1. The van der Waals surface area contributed by atoms with Crippen molar-refractivity contribution >= 4 is 56.4 Å². The van der Waals surface area contributed by atoms with Crippen molar-refractivity contribution in [3.8, 4) is 5.75 Å². The minimum Gasteiger partial charge on any atom is -0.496 e. The van der Waals surface area contributed by atoms with Crippen molar-refractivity contribution in [2.75, 3.05) is 43.5 Å². The van der Waals surface area contributed by atoms with Crippen molar-refractivity contribution in [3.05, 3.63) is 87.9 Å². The highest BCUT2D eigenvalue weighted by atomic mass is 79.9. The van der Waals surface area contributed by atoms with Gasteiger partial charge in [0.25, 0.3) is 11.8 Å². The van der Waals surface area contributed by atoms with Crippen LogP contribution in [0.5, 0.6) is 5.75 Å². The molecule has 0 bridgehead atoms. The molecule has 1 saturated heterocycles. The van der Waals surface area contributed by atoms with Crippen molar-refractivity contribution in [2.24, 2.45) is 0 Å². The lowest BCUT2D eigenvalue weighted by Crippen LogP contribution is -2.48. The summed E-state index contributed by atoms with van der Waals surface area (Å²) in [5, 5.41) is 5.96. The number of carbonyl (C=O) groups is 2. The van der Waals surface area contributed by atoms with E-state index in [1.165, 1.54) is 7.11 Å². The van der Waals surface area contributed by atoms with Crippen LogP contribution in [-0.4, -0.2) is 55.1 Å². The molecule has 0 spiro atoms. The first kappa shape index (κ1) is 25.7. The molecule has 1 fully saturated rings. The Morgan fingerprint density at radius 3 is 2.28 bits per heavy atom. The van der Waals surface area contributed by atoms with Gasteiger partial charge in [0, 0.05) is 47.6 Å². The highest BCUT2D eigenvalue weighted by molar-refractivity contribution is 9.10. The quantitative estimate of drug-likeness (QED) is 0.430. The predicted octanol–water partition coefficient (Wildman–Crippen LogP) is 4.86. The Balaban J connectivity index is 1.31. The van der Waals surface area contributed by atoms with E-state index < -0.39 is 0 Å². The molecular formula is C27H27BrN4O3S. The number of rotatable bonds is 5. The highest BCUT2D eigenvalue weighted by Gasteiger charge is 2.22. The molecule has 0 atom stereocenters. The van der Waals surface area contributed by atoms with E-state index >= 15 is 0 Å². The van der Waals surface area contributed by atoms with E-state index in [4.69, 9.17) is 17.0 Å². The summed E-state index contributed by atoms with van der Waals surface area (Å²) in [5.41, 5.74) is 3.79. The molecule has 1 heterocycles. The second kappa shape index (κ2) is 11.5. The van der Waals surface area contributed by atoms with Crippen LogP contribution in [0.15, 0.2) is 71.2 Å². The first-order chi connectivity index (χ1) is 17.4. The largest absolute Gasteiger partial charge is 0.496 e. The maximum atomic E-state index is 12.8. The van der Waals surface area contributed by atoms with Crippen LogP contribution in [0.1, 0.15) is 26.3 Å². The third-order valence-corrected chi connectivity index (χ3v) is 6.66. The Morgan fingerprint density at radius 1 is 0.972 bits per heavy atom. The number of nitrogens with zero attached hydrogens (tertiary/aromatic N) is 2. The maximum absolute atomic E-state index is 12.8. The van der Waals surface area contributed by atoms with E-state index in [0.29, 0.717) is 24.4 Å². The molecule has 36 heavy (non-hydrogen) atoms. The second-order valence-electron chi connectivity index (χ2n) is 8.40. The van der Waals surface area contributed by atoms with Gasteiger partial charge in [0.2, 0.25) is 0 Å². The van der Waals surface area contributed by atoms with Gasteiger partial charge >= 0.3 is 0 Å². The number of methoxy groups -OCH3 is 1. The number of carbonyl (C=O) groups excluding carboxylic acids is 2. The van der Waals surface area contributed by atoms with Crippen LogP contribution in [0.3, 0.4) is 0 Å². The number of hydrogen-bond donors (Lipinski definition) is 2. The fourth-order valence-corrected chi connectivity index (χ4v) is 4.97. The molecular weight excluding hydrogens is 540 g/mol. The fourth-order valence-electron chi connectivity index (χ4n) is 4.19. The van der Waals surface area contributed by atoms with Gasteiger partial charge in [-0.15, -0.1) is 0 Å². The lowest BCUT2D eigenvalue weighted by Gasteiger charge is -2.36. The van der Waals surface area contributed by atoms with Crippen LogP contribution in [0.4, 0.5) is 11.4 Å². The van der Waals surface area contributed by atoms with Crippen LogP contribution in [-0.2, 0) is 0 Å². The Labute approximate surface area is 224 Å². The van der Waals surface area contributed by atoms with E-state index in [0.717, 1.165) is 40.1 Å². The number of nitrogens with one attached hydrogen (secondary N) is 2. The van der Waals surface area contributed by atoms with E-state index in [9.17, 15) is 9.59 Å². The molecule has 0 aromatic heterocycles. The molecule has 2 N–H and O–H groups in total. The number of halogens is 1. The molecule has 4 rings (SSSR count). The van der Waals surface area contributed by atoms with E-state index in [-0.39, 0.29) is 16.9 Å². The number of aryl methyl sites for hydroxylation is 1. The molecule has 0 unspecified atom stereocenters. The van der Waals surface area contributed by atoms with E-state index in [1.807, 2.05) is 72.5 Å². The number of benzene rings is 3. The number of piperazine rings is 1. The summed E-state index contributed by atoms with van der Waals surface area (Å²) >= 11 is 8.77. The van der Waals surface area contributed by atoms with Crippen molar-refractivity contribution < 1.29 is 14.3 Å². The van der Waals surface area contributed by atoms with Crippen LogP contribution in [0.25, 0.3) is 0 Å². The minimum absolute atomic E-state index is 0.0704. The summed E-state index contributed by atoms with van der Waals surface area (Å²) in [6, 6.07) is 20.8. The second-order valence-corrected chi connectivity index (χ2v) is 9.73. The molecule has 2 amide bonds. The van der Waals surface area contributed by atoms with Crippen molar-refractivity contribution in [2.45, 2.75) is 6.92 Å². The number of amides is 2. The van der Waals surface area contributed by atoms with Crippen LogP contribution >= 0.6 is 28.1 Å².